The Balaban J connectivity index is 1.90. The largest absolute Gasteiger partial charge is 0.484 e. The van der Waals surface area contributed by atoms with E-state index in [-0.39, 0.29) is 19.1 Å². The smallest absolute Gasteiger partial charge is 0.260 e. The van der Waals surface area contributed by atoms with Gasteiger partial charge in [-0.15, -0.1) is 0 Å². The van der Waals surface area contributed by atoms with Crippen LogP contribution in [-0.4, -0.2) is 41.7 Å². The lowest BCUT2D eigenvalue weighted by Crippen LogP contribution is -2.38. The molecule has 0 bridgehead atoms. The van der Waals surface area contributed by atoms with E-state index in [4.69, 9.17) is 9.84 Å². The van der Waals surface area contributed by atoms with Crippen molar-refractivity contribution in [1.29, 1.82) is 0 Å². The fraction of sp³-hybridized carbons (Fsp3) is 0.562. The number of carbonyl (C=O) groups excluding carboxylic acids is 1. The van der Waals surface area contributed by atoms with Gasteiger partial charge in [-0.05, 0) is 36.5 Å². The van der Waals surface area contributed by atoms with Crippen molar-refractivity contribution in [3.05, 3.63) is 29.8 Å². The van der Waals surface area contributed by atoms with Crippen molar-refractivity contribution >= 4 is 5.91 Å². The molecule has 0 heterocycles. The van der Waals surface area contributed by atoms with Crippen molar-refractivity contribution < 1.29 is 14.6 Å². The van der Waals surface area contributed by atoms with E-state index in [0.717, 1.165) is 18.6 Å². The van der Waals surface area contributed by atoms with Crippen molar-refractivity contribution in [1.82, 2.24) is 4.90 Å². The highest BCUT2D eigenvalue weighted by Crippen LogP contribution is 2.27. The highest BCUT2D eigenvalue weighted by Gasteiger charge is 2.32. The minimum atomic E-state index is -0.0449. The van der Waals surface area contributed by atoms with Gasteiger partial charge in [-0.2, -0.15) is 0 Å². The summed E-state index contributed by atoms with van der Waals surface area (Å²) in [5, 5.41) is 9.01. The molecule has 2 rings (SSSR count). The Morgan fingerprint density at radius 3 is 2.80 bits per heavy atom. The topological polar surface area (TPSA) is 49.8 Å². The number of aliphatic hydroxyl groups is 1. The Bertz CT molecular complexity index is 455. The molecule has 1 aromatic rings. The molecule has 4 heteroatoms. The van der Waals surface area contributed by atoms with Crippen LogP contribution in [0.15, 0.2) is 24.3 Å². The molecule has 1 aliphatic rings. The Hall–Kier alpha value is -1.55. The van der Waals surface area contributed by atoms with Crippen molar-refractivity contribution in [2.75, 3.05) is 19.8 Å². The highest BCUT2D eigenvalue weighted by atomic mass is 16.5. The number of hydrogen-bond donors (Lipinski definition) is 1. The summed E-state index contributed by atoms with van der Waals surface area (Å²) >= 11 is 0. The van der Waals surface area contributed by atoms with Gasteiger partial charge in [-0.25, -0.2) is 0 Å². The SMILES string of the molecule is CC(C)c1cccc(OCC(=O)N(CCO)C2CC2)c1. The molecule has 1 amide bonds. The molecule has 1 fully saturated rings. The van der Waals surface area contributed by atoms with Gasteiger partial charge >= 0.3 is 0 Å². The Morgan fingerprint density at radius 1 is 1.45 bits per heavy atom. The van der Waals surface area contributed by atoms with Gasteiger partial charge in [0.05, 0.1) is 6.61 Å². The third kappa shape index (κ3) is 3.97. The molecule has 0 radical (unpaired) electrons. The second-order valence-corrected chi connectivity index (χ2v) is 5.56. The first kappa shape index (κ1) is 14.9. The number of ether oxygens (including phenoxy) is 1. The van der Waals surface area contributed by atoms with Crippen LogP contribution in [0.2, 0.25) is 0 Å². The van der Waals surface area contributed by atoms with Crippen LogP contribution in [0.25, 0.3) is 0 Å². The zero-order valence-corrected chi connectivity index (χ0v) is 12.2. The van der Waals surface area contributed by atoms with Gasteiger partial charge in [0.25, 0.3) is 5.91 Å². The molecule has 0 aliphatic heterocycles. The molecule has 1 aliphatic carbocycles. The first-order chi connectivity index (χ1) is 9.61. The zero-order valence-electron chi connectivity index (χ0n) is 12.2. The summed E-state index contributed by atoms with van der Waals surface area (Å²) in [6.45, 7) is 4.70. The van der Waals surface area contributed by atoms with E-state index >= 15 is 0 Å². The van der Waals surface area contributed by atoms with Crippen LogP contribution < -0.4 is 4.74 Å². The number of benzene rings is 1. The molecule has 1 saturated carbocycles. The summed E-state index contributed by atoms with van der Waals surface area (Å²) < 4.78 is 5.59. The van der Waals surface area contributed by atoms with Crippen LogP contribution in [0, 0.1) is 0 Å². The average molecular weight is 277 g/mol. The van der Waals surface area contributed by atoms with Gasteiger partial charge < -0.3 is 14.7 Å². The van der Waals surface area contributed by atoms with Gasteiger partial charge in [0, 0.05) is 12.6 Å². The number of aliphatic hydroxyl groups excluding tert-OH is 1. The molecule has 4 nitrogen and oxygen atoms in total. The average Bonchev–Trinajstić information content (AvgIpc) is 3.27. The van der Waals surface area contributed by atoms with E-state index in [9.17, 15) is 4.79 Å². The van der Waals surface area contributed by atoms with E-state index in [1.54, 1.807) is 4.90 Å². The minimum absolute atomic E-state index is 0.00503. The summed E-state index contributed by atoms with van der Waals surface area (Å²) in [7, 11) is 0. The van der Waals surface area contributed by atoms with Crippen LogP contribution in [0.5, 0.6) is 5.75 Å². The molecular formula is C16H23NO3. The van der Waals surface area contributed by atoms with Crippen molar-refractivity contribution in [3.63, 3.8) is 0 Å². The van der Waals surface area contributed by atoms with Crippen LogP contribution in [-0.2, 0) is 4.79 Å². The molecule has 20 heavy (non-hydrogen) atoms. The molecular weight excluding hydrogens is 254 g/mol. The van der Waals surface area contributed by atoms with Crippen LogP contribution in [0.4, 0.5) is 0 Å². The monoisotopic (exact) mass is 277 g/mol. The maximum atomic E-state index is 12.1. The first-order valence-electron chi connectivity index (χ1n) is 7.25. The molecule has 0 saturated heterocycles. The van der Waals surface area contributed by atoms with Crippen LogP contribution in [0.3, 0.4) is 0 Å². The van der Waals surface area contributed by atoms with Gasteiger partial charge in [-0.1, -0.05) is 26.0 Å². The predicted molar refractivity (Wildman–Crippen MR) is 77.8 cm³/mol. The molecule has 0 unspecified atom stereocenters. The molecule has 0 spiro atoms. The first-order valence-corrected chi connectivity index (χ1v) is 7.25. The standard InChI is InChI=1S/C16H23NO3/c1-12(2)13-4-3-5-15(10-13)20-11-16(19)17(8-9-18)14-6-7-14/h3-5,10,12,14,18H,6-9,11H2,1-2H3. The maximum Gasteiger partial charge on any atom is 0.260 e. The summed E-state index contributed by atoms with van der Waals surface area (Å²) in [4.78, 5) is 13.8. The fourth-order valence-electron chi connectivity index (χ4n) is 2.20. The lowest BCUT2D eigenvalue weighted by Gasteiger charge is -2.21. The van der Waals surface area contributed by atoms with E-state index in [1.807, 2.05) is 18.2 Å². The molecule has 1 N–H and O–H groups in total. The molecule has 110 valence electrons. The minimum Gasteiger partial charge on any atom is -0.484 e. The van der Waals surface area contributed by atoms with Crippen LogP contribution in [0.1, 0.15) is 38.2 Å². The Kier molecular flexibility index (Phi) is 5.01. The zero-order chi connectivity index (χ0) is 14.5. The second-order valence-electron chi connectivity index (χ2n) is 5.56. The van der Waals surface area contributed by atoms with E-state index in [1.165, 1.54) is 5.56 Å². The fourth-order valence-corrected chi connectivity index (χ4v) is 2.20. The molecule has 0 atom stereocenters. The number of rotatable bonds is 7. The quantitative estimate of drug-likeness (QED) is 0.831. The highest BCUT2D eigenvalue weighted by molar-refractivity contribution is 5.78. The van der Waals surface area contributed by atoms with Crippen molar-refractivity contribution in [2.24, 2.45) is 0 Å². The normalized spacial score (nSPS) is 14.4. The lowest BCUT2D eigenvalue weighted by atomic mass is 10.0. The summed E-state index contributed by atoms with van der Waals surface area (Å²) in [6, 6.07) is 8.15. The summed E-state index contributed by atoms with van der Waals surface area (Å²) in [6.07, 6.45) is 2.07. The van der Waals surface area contributed by atoms with Crippen LogP contribution >= 0.6 is 0 Å². The Labute approximate surface area is 120 Å². The van der Waals surface area contributed by atoms with Crippen molar-refractivity contribution in [2.45, 2.75) is 38.6 Å². The van der Waals surface area contributed by atoms with Gasteiger partial charge in [0.15, 0.2) is 6.61 Å². The van der Waals surface area contributed by atoms with Crippen molar-refractivity contribution in [3.8, 4) is 5.75 Å². The maximum absolute atomic E-state index is 12.1. The van der Waals surface area contributed by atoms with E-state index < -0.39 is 0 Å². The van der Waals surface area contributed by atoms with E-state index in [0.29, 0.717) is 18.5 Å². The summed E-state index contributed by atoms with van der Waals surface area (Å²) in [5.74, 6) is 1.12. The Morgan fingerprint density at radius 2 is 2.20 bits per heavy atom. The molecule has 0 aromatic heterocycles. The van der Waals surface area contributed by atoms with Gasteiger partial charge in [0.1, 0.15) is 5.75 Å². The third-order valence-electron chi connectivity index (χ3n) is 3.54. The second kappa shape index (κ2) is 6.75. The van der Waals surface area contributed by atoms with E-state index in [2.05, 4.69) is 19.9 Å². The third-order valence-corrected chi connectivity index (χ3v) is 3.54. The number of hydrogen-bond acceptors (Lipinski definition) is 3. The van der Waals surface area contributed by atoms with Gasteiger partial charge in [-0.3, -0.25) is 4.79 Å². The molecule has 1 aromatic carbocycles. The lowest BCUT2D eigenvalue weighted by molar-refractivity contribution is -0.134. The van der Waals surface area contributed by atoms with Gasteiger partial charge in [0.2, 0.25) is 0 Å². The predicted octanol–water partition coefficient (Wildman–Crippen LogP) is 2.17. The number of nitrogens with zero attached hydrogens (tertiary/aromatic N) is 1. The summed E-state index contributed by atoms with van der Waals surface area (Å²) in [5.41, 5.74) is 1.20. The number of carbonyl (C=O) groups is 1. The number of amides is 1.